The van der Waals surface area contributed by atoms with E-state index in [1.54, 1.807) is 6.07 Å². The van der Waals surface area contributed by atoms with E-state index in [1.165, 1.54) is 23.3 Å². The third-order valence-corrected chi connectivity index (χ3v) is 8.09. The van der Waals surface area contributed by atoms with Crippen molar-refractivity contribution in [3.63, 3.8) is 0 Å². The van der Waals surface area contributed by atoms with Crippen molar-refractivity contribution in [2.45, 2.75) is 84.1 Å². The van der Waals surface area contributed by atoms with Crippen molar-refractivity contribution in [3.8, 4) is 33.8 Å². The number of fused-ring (bicyclic) bond motifs is 1. The third kappa shape index (κ3) is 6.47. The molecule has 0 fully saturated rings. The lowest BCUT2D eigenvalue weighted by molar-refractivity contribution is 0.0693. The van der Waals surface area contributed by atoms with Crippen LogP contribution in [0.1, 0.15) is 88.7 Å². The van der Waals surface area contributed by atoms with Gasteiger partial charge in [0.1, 0.15) is 17.1 Å². The summed E-state index contributed by atoms with van der Waals surface area (Å²) in [5.41, 5.74) is 6.65. The molecule has 3 aromatic carbocycles. The first kappa shape index (κ1) is 28.7. The molecule has 4 rings (SSSR count). The van der Waals surface area contributed by atoms with Gasteiger partial charge in [0.25, 0.3) is 0 Å². The summed E-state index contributed by atoms with van der Waals surface area (Å²) in [5.74, 6) is -0.559. The van der Waals surface area contributed by atoms with Crippen LogP contribution in [0.3, 0.4) is 0 Å². The van der Waals surface area contributed by atoms with E-state index in [1.807, 2.05) is 12.1 Å². The molecule has 0 unspecified atom stereocenters. The maximum Gasteiger partial charge on any atom is 0.339 e. The molecule has 3 aromatic rings. The van der Waals surface area contributed by atoms with Gasteiger partial charge in [-0.25, -0.2) is 4.79 Å². The average molecular weight is 530 g/mol. The highest BCUT2D eigenvalue weighted by molar-refractivity contribution is 5.92. The molecule has 1 aliphatic rings. The Bertz CT molecular complexity index is 1340. The molecular weight excluding hydrogens is 486 g/mol. The number of hydrogen-bond acceptors (Lipinski definition) is 4. The SMILES string of the molecule is CC(C)NCCCCOc1ccc(-c2ccc(C(=O)O)c(O)c2)cc1-c1ccc2c(c1)C(C)(C)CCC2(C)C. The van der Waals surface area contributed by atoms with Gasteiger partial charge in [0.15, 0.2) is 0 Å². The summed E-state index contributed by atoms with van der Waals surface area (Å²) < 4.78 is 6.35. The maximum atomic E-state index is 11.4. The van der Waals surface area contributed by atoms with Crippen molar-refractivity contribution in [3.05, 3.63) is 71.3 Å². The van der Waals surface area contributed by atoms with Crippen LogP contribution in [0.2, 0.25) is 0 Å². The maximum absolute atomic E-state index is 11.4. The van der Waals surface area contributed by atoms with Crippen molar-refractivity contribution >= 4 is 5.97 Å². The molecule has 39 heavy (non-hydrogen) atoms. The highest BCUT2D eigenvalue weighted by Gasteiger charge is 2.37. The highest BCUT2D eigenvalue weighted by atomic mass is 16.5. The Balaban J connectivity index is 1.72. The molecule has 0 aliphatic heterocycles. The lowest BCUT2D eigenvalue weighted by Crippen LogP contribution is -2.33. The predicted molar refractivity (Wildman–Crippen MR) is 159 cm³/mol. The van der Waals surface area contributed by atoms with Crippen LogP contribution in [0.25, 0.3) is 22.3 Å². The minimum atomic E-state index is -1.15. The number of rotatable bonds is 10. The molecule has 5 heteroatoms. The number of aromatic carboxylic acids is 1. The fraction of sp³-hybridized carbons (Fsp3) is 0.441. The summed E-state index contributed by atoms with van der Waals surface area (Å²) in [7, 11) is 0. The lowest BCUT2D eigenvalue weighted by atomic mass is 9.63. The van der Waals surface area contributed by atoms with E-state index in [2.05, 4.69) is 71.1 Å². The van der Waals surface area contributed by atoms with E-state index < -0.39 is 5.97 Å². The zero-order chi connectivity index (χ0) is 28.4. The van der Waals surface area contributed by atoms with Gasteiger partial charge in [-0.05, 0) is 95.1 Å². The van der Waals surface area contributed by atoms with Gasteiger partial charge in [-0.15, -0.1) is 0 Å². The Morgan fingerprint density at radius 3 is 2.18 bits per heavy atom. The van der Waals surface area contributed by atoms with E-state index in [9.17, 15) is 15.0 Å². The standard InChI is InChI=1S/C34H43NO4/c1-22(2)35-17-7-8-18-39-31-14-11-23(24-9-12-26(32(37)38)30(36)21-24)19-27(31)25-10-13-28-29(20-25)34(5,6)16-15-33(28,3)4/h9-14,19-22,35-36H,7-8,15-18H2,1-6H3,(H,37,38). The second-order valence-corrected chi connectivity index (χ2v) is 12.4. The van der Waals surface area contributed by atoms with Crippen molar-refractivity contribution < 1.29 is 19.7 Å². The number of carbonyl (C=O) groups is 1. The number of ether oxygens (including phenoxy) is 1. The van der Waals surface area contributed by atoms with Gasteiger partial charge in [0, 0.05) is 11.6 Å². The fourth-order valence-electron chi connectivity index (χ4n) is 5.51. The lowest BCUT2D eigenvalue weighted by Gasteiger charge is -2.42. The van der Waals surface area contributed by atoms with Crippen LogP contribution >= 0.6 is 0 Å². The third-order valence-electron chi connectivity index (χ3n) is 8.09. The number of carboxylic acids is 1. The summed E-state index contributed by atoms with van der Waals surface area (Å²) in [4.78, 5) is 11.4. The quantitative estimate of drug-likeness (QED) is 0.232. The van der Waals surface area contributed by atoms with Crippen molar-refractivity contribution in [1.29, 1.82) is 0 Å². The number of carboxylic acid groups (broad SMARTS) is 1. The largest absolute Gasteiger partial charge is 0.507 e. The molecule has 0 radical (unpaired) electrons. The van der Waals surface area contributed by atoms with E-state index in [0.29, 0.717) is 12.6 Å². The second-order valence-electron chi connectivity index (χ2n) is 12.4. The molecule has 208 valence electrons. The number of phenols is 1. The molecule has 0 aromatic heterocycles. The Morgan fingerprint density at radius 1 is 0.872 bits per heavy atom. The smallest absolute Gasteiger partial charge is 0.339 e. The van der Waals surface area contributed by atoms with Gasteiger partial charge < -0.3 is 20.3 Å². The van der Waals surface area contributed by atoms with E-state index in [0.717, 1.165) is 60.2 Å². The van der Waals surface area contributed by atoms with Gasteiger partial charge in [-0.3, -0.25) is 0 Å². The van der Waals surface area contributed by atoms with Crippen molar-refractivity contribution in [2.75, 3.05) is 13.2 Å². The first-order valence-corrected chi connectivity index (χ1v) is 14.1. The Labute approximate surface area is 233 Å². The molecule has 0 atom stereocenters. The first-order chi connectivity index (χ1) is 18.4. The molecule has 1 aliphatic carbocycles. The zero-order valence-electron chi connectivity index (χ0n) is 24.2. The molecule has 0 spiro atoms. The topological polar surface area (TPSA) is 78.8 Å². The van der Waals surface area contributed by atoms with Crippen LogP contribution in [0.5, 0.6) is 11.5 Å². The van der Waals surface area contributed by atoms with Crippen LogP contribution in [-0.4, -0.2) is 35.4 Å². The van der Waals surface area contributed by atoms with E-state index in [4.69, 9.17) is 4.74 Å². The molecule has 0 bridgehead atoms. The van der Waals surface area contributed by atoms with Crippen molar-refractivity contribution in [2.24, 2.45) is 0 Å². The van der Waals surface area contributed by atoms with Crippen LogP contribution in [0.15, 0.2) is 54.6 Å². The van der Waals surface area contributed by atoms with Crippen LogP contribution in [0.4, 0.5) is 0 Å². The Hall–Kier alpha value is -3.31. The summed E-state index contributed by atoms with van der Waals surface area (Å²) in [6.07, 6.45) is 4.30. The number of hydrogen-bond donors (Lipinski definition) is 3. The number of aromatic hydroxyl groups is 1. The number of benzene rings is 3. The first-order valence-electron chi connectivity index (χ1n) is 14.1. The molecule has 0 amide bonds. The highest BCUT2D eigenvalue weighted by Crippen LogP contribution is 2.47. The van der Waals surface area contributed by atoms with E-state index >= 15 is 0 Å². The Kier molecular flexibility index (Phi) is 8.41. The molecule has 0 saturated carbocycles. The normalized spacial score (nSPS) is 15.7. The van der Waals surface area contributed by atoms with Crippen LogP contribution < -0.4 is 10.1 Å². The number of unbranched alkanes of at least 4 members (excludes halogenated alkanes) is 1. The number of nitrogens with one attached hydrogen (secondary N) is 1. The van der Waals surface area contributed by atoms with Gasteiger partial charge in [0.05, 0.1) is 6.61 Å². The predicted octanol–water partition coefficient (Wildman–Crippen LogP) is 7.93. The second kappa shape index (κ2) is 11.4. The van der Waals surface area contributed by atoms with Gasteiger partial charge in [-0.1, -0.05) is 71.9 Å². The molecule has 3 N–H and O–H groups in total. The monoisotopic (exact) mass is 529 g/mol. The van der Waals surface area contributed by atoms with E-state index in [-0.39, 0.29) is 22.1 Å². The summed E-state index contributed by atoms with van der Waals surface area (Å²) >= 11 is 0. The zero-order valence-corrected chi connectivity index (χ0v) is 24.2. The molecule has 5 nitrogen and oxygen atoms in total. The van der Waals surface area contributed by atoms with Gasteiger partial charge >= 0.3 is 5.97 Å². The van der Waals surface area contributed by atoms with Gasteiger partial charge in [0.2, 0.25) is 0 Å². The molecule has 0 heterocycles. The van der Waals surface area contributed by atoms with Crippen LogP contribution in [0, 0.1) is 0 Å². The summed E-state index contributed by atoms with van der Waals surface area (Å²) in [6, 6.07) is 18.1. The fourth-order valence-corrected chi connectivity index (χ4v) is 5.51. The summed E-state index contributed by atoms with van der Waals surface area (Å²) in [5, 5.41) is 23.1. The average Bonchev–Trinajstić information content (AvgIpc) is 2.88. The minimum absolute atomic E-state index is 0.0847. The van der Waals surface area contributed by atoms with Gasteiger partial charge in [-0.2, -0.15) is 0 Å². The van der Waals surface area contributed by atoms with Crippen molar-refractivity contribution in [1.82, 2.24) is 5.32 Å². The minimum Gasteiger partial charge on any atom is -0.507 e. The molecular formula is C34H43NO4. The Morgan fingerprint density at radius 2 is 1.51 bits per heavy atom. The summed E-state index contributed by atoms with van der Waals surface area (Å²) in [6.45, 7) is 15.2. The van der Waals surface area contributed by atoms with Crippen LogP contribution in [-0.2, 0) is 10.8 Å². The molecule has 0 saturated heterocycles.